The molecule has 32 heavy (non-hydrogen) atoms. The van der Waals surface area contributed by atoms with Gasteiger partial charge in [-0.1, -0.05) is 0 Å². The van der Waals surface area contributed by atoms with E-state index in [0.29, 0.717) is 22.7 Å². The second kappa shape index (κ2) is 8.00. The van der Waals surface area contributed by atoms with Crippen LogP contribution in [0.2, 0.25) is 0 Å². The average molecular weight is 445 g/mol. The van der Waals surface area contributed by atoms with Crippen molar-refractivity contribution in [2.24, 2.45) is 0 Å². The van der Waals surface area contributed by atoms with Crippen LogP contribution in [0.3, 0.4) is 0 Å². The predicted octanol–water partition coefficient (Wildman–Crippen LogP) is 3.41. The monoisotopic (exact) mass is 445 g/mol. The van der Waals surface area contributed by atoms with Crippen LogP contribution in [0.5, 0.6) is 5.75 Å². The van der Waals surface area contributed by atoms with Crippen molar-refractivity contribution in [3.8, 4) is 11.4 Å². The van der Waals surface area contributed by atoms with Gasteiger partial charge in [0.05, 0.1) is 12.8 Å². The Balaban J connectivity index is 1.78. The maximum absolute atomic E-state index is 13.7. The Labute approximate surface area is 180 Å². The highest BCUT2D eigenvalue weighted by molar-refractivity contribution is 6.08. The van der Waals surface area contributed by atoms with E-state index in [0.717, 1.165) is 4.68 Å². The molecule has 1 amide bonds. The molecule has 0 fully saturated rings. The number of benzene rings is 2. The van der Waals surface area contributed by atoms with Crippen LogP contribution in [0.15, 0.2) is 48.5 Å². The number of fused-ring (bicyclic) bond motifs is 1. The van der Waals surface area contributed by atoms with Crippen molar-refractivity contribution in [1.82, 2.24) is 15.3 Å². The molecular formula is C21H18F3N5O3. The third-order valence-electron chi connectivity index (χ3n) is 5.18. The van der Waals surface area contributed by atoms with E-state index in [-0.39, 0.29) is 30.1 Å². The zero-order valence-corrected chi connectivity index (χ0v) is 16.8. The van der Waals surface area contributed by atoms with Gasteiger partial charge in [0.25, 0.3) is 5.91 Å². The Morgan fingerprint density at radius 3 is 2.31 bits per heavy atom. The van der Waals surface area contributed by atoms with Crippen LogP contribution in [-0.4, -0.2) is 40.4 Å². The van der Waals surface area contributed by atoms with E-state index in [1.807, 2.05) is 0 Å². The zero-order valence-electron chi connectivity index (χ0n) is 16.8. The van der Waals surface area contributed by atoms with Crippen molar-refractivity contribution in [1.29, 1.82) is 5.41 Å². The minimum atomic E-state index is -4.70. The van der Waals surface area contributed by atoms with E-state index in [1.54, 1.807) is 29.7 Å². The Bertz CT molecular complexity index is 1170. The van der Waals surface area contributed by atoms with Gasteiger partial charge in [-0.25, -0.2) is 4.68 Å². The van der Waals surface area contributed by atoms with E-state index >= 15 is 0 Å². The third kappa shape index (κ3) is 3.66. The van der Waals surface area contributed by atoms with Crippen molar-refractivity contribution in [3.63, 3.8) is 0 Å². The normalized spacial score (nSPS) is 13.7. The maximum atomic E-state index is 13.7. The number of methoxy groups -OCH3 is 1. The SMILES string of the molecule is COc1ccc(-n2nc(C(F)(F)F)c3c2C(=O)N(c2ccc(C(=N)NO)cc2)CC3)cc1. The van der Waals surface area contributed by atoms with Gasteiger partial charge in [-0.2, -0.15) is 18.3 Å². The summed E-state index contributed by atoms with van der Waals surface area (Å²) in [4.78, 5) is 14.7. The number of aromatic nitrogens is 2. The standard InChI is InChI=1S/C21H18F3N5O3/c1-32-15-8-6-14(7-9-15)29-17-16(18(26-29)21(22,23)24)10-11-28(20(17)30)13-4-2-12(3-5-13)19(25)27-31/h2-9,31H,10-11H2,1H3,(H2,25,27). The molecule has 0 bridgehead atoms. The number of anilines is 1. The Hall–Kier alpha value is -3.86. The molecule has 1 aromatic heterocycles. The molecule has 0 spiro atoms. The molecule has 1 aliphatic rings. The molecule has 4 rings (SSSR count). The number of alkyl halides is 3. The van der Waals surface area contributed by atoms with E-state index in [9.17, 15) is 18.0 Å². The highest BCUT2D eigenvalue weighted by Crippen LogP contribution is 2.37. The lowest BCUT2D eigenvalue weighted by Crippen LogP contribution is -2.39. The number of nitrogens with one attached hydrogen (secondary N) is 2. The van der Waals surface area contributed by atoms with Gasteiger partial charge in [0.15, 0.2) is 5.69 Å². The number of carbonyl (C=O) groups is 1. The highest BCUT2D eigenvalue weighted by Gasteiger charge is 2.43. The first-order valence-electron chi connectivity index (χ1n) is 9.49. The lowest BCUT2D eigenvalue weighted by atomic mass is 10.0. The summed E-state index contributed by atoms with van der Waals surface area (Å²) < 4.78 is 47.1. The molecule has 0 saturated carbocycles. The van der Waals surface area contributed by atoms with Crippen LogP contribution in [0, 0.1) is 5.41 Å². The minimum absolute atomic E-state index is 0.0260. The van der Waals surface area contributed by atoms with Gasteiger partial charge >= 0.3 is 6.18 Å². The first kappa shape index (κ1) is 21.4. The van der Waals surface area contributed by atoms with Crippen molar-refractivity contribution < 1.29 is 27.9 Å². The van der Waals surface area contributed by atoms with Crippen molar-refractivity contribution in [2.75, 3.05) is 18.6 Å². The van der Waals surface area contributed by atoms with Crippen LogP contribution in [0.1, 0.15) is 27.3 Å². The van der Waals surface area contributed by atoms with Crippen molar-refractivity contribution in [2.45, 2.75) is 12.6 Å². The van der Waals surface area contributed by atoms with E-state index < -0.39 is 17.8 Å². The van der Waals surface area contributed by atoms with Gasteiger partial charge in [-0.3, -0.25) is 20.9 Å². The summed E-state index contributed by atoms with van der Waals surface area (Å²) >= 11 is 0. The number of ether oxygens (including phenoxy) is 1. The van der Waals surface area contributed by atoms with Crippen molar-refractivity contribution in [3.05, 3.63) is 71.0 Å². The second-order valence-electron chi connectivity index (χ2n) is 7.02. The van der Waals surface area contributed by atoms with Crippen LogP contribution in [0.4, 0.5) is 18.9 Å². The number of carbonyl (C=O) groups excluding carboxylic acids is 1. The number of hydrogen-bond acceptors (Lipinski definition) is 5. The van der Waals surface area contributed by atoms with Gasteiger partial charge in [-0.05, 0) is 55.0 Å². The molecule has 1 aliphatic heterocycles. The van der Waals surface area contributed by atoms with Crippen LogP contribution in [-0.2, 0) is 12.6 Å². The van der Waals surface area contributed by atoms with E-state index in [2.05, 4.69) is 5.10 Å². The minimum Gasteiger partial charge on any atom is -0.497 e. The molecule has 0 saturated heterocycles. The van der Waals surface area contributed by atoms with E-state index in [4.69, 9.17) is 15.4 Å². The number of hydrogen-bond donors (Lipinski definition) is 3. The summed E-state index contributed by atoms with van der Waals surface area (Å²) in [5.74, 6) is -0.328. The largest absolute Gasteiger partial charge is 0.497 e. The molecule has 166 valence electrons. The Morgan fingerprint density at radius 1 is 1.12 bits per heavy atom. The average Bonchev–Trinajstić information content (AvgIpc) is 3.20. The van der Waals surface area contributed by atoms with Gasteiger partial charge < -0.3 is 9.64 Å². The summed E-state index contributed by atoms with van der Waals surface area (Å²) in [6.07, 6.45) is -4.73. The van der Waals surface area contributed by atoms with Crippen LogP contribution in [0.25, 0.3) is 5.69 Å². The first-order chi connectivity index (χ1) is 15.2. The molecular weight excluding hydrogens is 427 g/mol. The molecule has 0 aliphatic carbocycles. The zero-order chi connectivity index (χ0) is 23.0. The molecule has 0 radical (unpaired) electrons. The van der Waals surface area contributed by atoms with Gasteiger partial charge in [0.1, 0.15) is 17.3 Å². The van der Waals surface area contributed by atoms with Crippen molar-refractivity contribution >= 4 is 17.4 Å². The lowest BCUT2D eigenvalue weighted by molar-refractivity contribution is -0.141. The molecule has 2 heterocycles. The number of rotatable bonds is 4. The first-order valence-corrected chi connectivity index (χ1v) is 9.49. The summed E-state index contributed by atoms with van der Waals surface area (Å²) in [6, 6.07) is 12.4. The van der Waals surface area contributed by atoms with E-state index in [1.165, 1.54) is 36.3 Å². The van der Waals surface area contributed by atoms with Gasteiger partial charge in [0, 0.05) is 23.4 Å². The number of hydroxylamine groups is 1. The summed E-state index contributed by atoms with van der Waals surface area (Å²) in [5.41, 5.74) is 1.49. The second-order valence-corrected chi connectivity index (χ2v) is 7.02. The molecule has 0 atom stereocenters. The Kier molecular flexibility index (Phi) is 5.35. The number of halogens is 3. The fourth-order valence-corrected chi connectivity index (χ4v) is 3.62. The fourth-order valence-electron chi connectivity index (χ4n) is 3.62. The number of amidine groups is 1. The third-order valence-corrected chi connectivity index (χ3v) is 5.18. The summed E-state index contributed by atoms with van der Waals surface area (Å²) in [6.45, 7) is 0.0399. The molecule has 11 heteroatoms. The summed E-state index contributed by atoms with van der Waals surface area (Å²) in [5, 5.41) is 20.2. The molecule has 8 nitrogen and oxygen atoms in total. The van der Waals surface area contributed by atoms with Crippen LogP contribution >= 0.6 is 0 Å². The van der Waals surface area contributed by atoms with Crippen LogP contribution < -0.4 is 15.1 Å². The maximum Gasteiger partial charge on any atom is 0.435 e. The number of nitrogens with zero attached hydrogens (tertiary/aromatic N) is 3. The quantitative estimate of drug-likeness (QED) is 0.325. The number of amides is 1. The predicted molar refractivity (Wildman–Crippen MR) is 109 cm³/mol. The highest BCUT2D eigenvalue weighted by atomic mass is 19.4. The molecule has 2 aromatic carbocycles. The van der Waals surface area contributed by atoms with Gasteiger partial charge in [0.2, 0.25) is 0 Å². The molecule has 0 unspecified atom stereocenters. The fraction of sp³-hybridized carbons (Fsp3) is 0.190. The topological polar surface area (TPSA) is 103 Å². The smallest absolute Gasteiger partial charge is 0.435 e. The lowest BCUT2D eigenvalue weighted by Gasteiger charge is -2.28. The van der Waals surface area contributed by atoms with Gasteiger partial charge in [-0.15, -0.1) is 0 Å². The summed E-state index contributed by atoms with van der Waals surface area (Å²) in [7, 11) is 1.47. The molecule has 3 N–H and O–H groups in total. The Morgan fingerprint density at radius 2 is 1.75 bits per heavy atom. The molecule has 3 aromatic rings.